The smallest absolute Gasteiger partial charge is 0.251 e. The van der Waals surface area contributed by atoms with Crippen LogP contribution in [-0.4, -0.2) is 39.2 Å². The number of hydrogen-bond acceptors (Lipinski definition) is 5. The van der Waals surface area contributed by atoms with Gasteiger partial charge in [0.25, 0.3) is 5.91 Å². The highest BCUT2D eigenvalue weighted by Crippen LogP contribution is 2.25. The van der Waals surface area contributed by atoms with E-state index in [1.54, 1.807) is 12.1 Å². The molecule has 196 valence electrons. The average molecular weight is 511 g/mol. The van der Waals surface area contributed by atoms with Crippen molar-refractivity contribution in [2.75, 3.05) is 6.61 Å². The van der Waals surface area contributed by atoms with Gasteiger partial charge in [0.1, 0.15) is 17.5 Å². The summed E-state index contributed by atoms with van der Waals surface area (Å²) < 4.78 is 7.71. The summed E-state index contributed by atoms with van der Waals surface area (Å²) in [5, 5.41) is 22.1. The minimum Gasteiger partial charge on any atom is -0.490 e. The molecule has 0 radical (unpaired) electrons. The standard InChI is InChI=1S/C31H34N4O3/c1-20(2)27-6-5-14-35-19-28(34-30(27)35)23-9-7-22(8-10-23)16-26(13-15-36)33-31(37)24-11-12-29(38-21(3)4)25(17-24)18-32/h5-12,14,17,19-21,26,36H,13,15-16H2,1-4H3,(H,33,37). The Morgan fingerprint density at radius 2 is 1.89 bits per heavy atom. The Bertz CT molecular complexity index is 1450. The highest BCUT2D eigenvalue weighted by atomic mass is 16.5. The summed E-state index contributed by atoms with van der Waals surface area (Å²) in [5.74, 6) is 0.545. The quantitative estimate of drug-likeness (QED) is 0.293. The molecule has 2 aromatic carbocycles. The first-order valence-corrected chi connectivity index (χ1v) is 13.0. The number of nitrogens with zero attached hydrogens (tertiary/aromatic N) is 3. The maximum atomic E-state index is 13.0. The second-order valence-corrected chi connectivity index (χ2v) is 10.0. The number of hydrogen-bond donors (Lipinski definition) is 2. The van der Waals surface area contributed by atoms with Gasteiger partial charge in [-0.2, -0.15) is 5.26 Å². The molecule has 2 heterocycles. The highest BCUT2D eigenvalue weighted by Gasteiger charge is 2.17. The molecule has 0 aliphatic rings. The van der Waals surface area contributed by atoms with E-state index < -0.39 is 0 Å². The Hall–Kier alpha value is -4.15. The molecule has 0 saturated heterocycles. The summed E-state index contributed by atoms with van der Waals surface area (Å²) in [4.78, 5) is 17.8. The van der Waals surface area contributed by atoms with Gasteiger partial charge < -0.3 is 19.6 Å². The van der Waals surface area contributed by atoms with Crippen molar-refractivity contribution < 1.29 is 14.6 Å². The Kier molecular flexibility index (Phi) is 8.45. The molecule has 0 spiro atoms. The van der Waals surface area contributed by atoms with Crippen molar-refractivity contribution in [3.63, 3.8) is 0 Å². The molecule has 0 bridgehead atoms. The first kappa shape index (κ1) is 26.9. The summed E-state index contributed by atoms with van der Waals surface area (Å²) in [6.45, 7) is 8.05. The monoisotopic (exact) mass is 510 g/mol. The van der Waals surface area contributed by atoms with Gasteiger partial charge >= 0.3 is 0 Å². The fourth-order valence-electron chi connectivity index (χ4n) is 4.49. The van der Waals surface area contributed by atoms with Crippen LogP contribution in [0, 0.1) is 11.3 Å². The van der Waals surface area contributed by atoms with Crippen LogP contribution >= 0.6 is 0 Å². The number of pyridine rings is 1. The number of benzene rings is 2. The molecule has 0 aliphatic heterocycles. The van der Waals surface area contributed by atoms with Gasteiger partial charge in [-0.1, -0.05) is 44.2 Å². The minimum absolute atomic E-state index is 0.0485. The number of imidazole rings is 1. The van der Waals surface area contributed by atoms with E-state index in [4.69, 9.17) is 9.72 Å². The molecule has 38 heavy (non-hydrogen) atoms. The van der Waals surface area contributed by atoms with Gasteiger partial charge in [-0.15, -0.1) is 0 Å². The number of nitrogens with one attached hydrogen (secondary N) is 1. The molecule has 1 amide bonds. The minimum atomic E-state index is -0.293. The van der Waals surface area contributed by atoms with Crippen molar-refractivity contribution in [3.8, 4) is 23.1 Å². The maximum Gasteiger partial charge on any atom is 0.251 e. The molecule has 1 unspecified atom stereocenters. The van der Waals surface area contributed by atoms with Gasteiger partial charge in [-0.25, -0.2) is 4.98 Å². The first-order chi connectivity index (χ1) is 18.3. The molecule has 4 aromatic rings. The lowest BCUT2D eigenvalue weighted by Gasteiger charge is -2.19. The third-order valence-corrected chi connectivity index (χ3v) is 6.40. The number of carbonyl (C=O) groups is 1. The van der Waals surface area contributed by atoms with Crippen LogP contribution in [0.15, 0.2) is 67.0 Å². The Morgan fingerprint density at radius 1 is 1.13 bits per heavy atom. The number of rotatable bonds is 10. The number of carbonyl (C=O) groups excluding carboxylic acids is 1. The van der Waals surface area contributed by atoms with Gasteiger partial charge in [0.2, 0.25) is 0 Å². The normalized spacial score (nSPS) is 12.1. The predicted octanol–water partition coefficient (Wildman–Crippen LogP) is 5.51. The first-order valence-electron chi connectivity index (χ1n) is 13.0. The van der Waals surface area contributed by atoms with Crippen LogP contribution in [0.25, 0.3) is 16.9 Å². The molecule has 0 saturated carbocycles. The zero-order valence-corrected chi connectivity index (χ0v) is 22.3. The molecule has 4 rings (SSSR count). The van der Waals surface area contributed by atoms with Crippen molar-refractivity contribution in [1.82, 2.24) is 14.7 Å². The third kappa shape index (κ3) is 6.21. The number of aliphatic hydroxyl groups is 1. The van der Waals surface area contributed by atoms with E-state index in [1.807, 2.05) is 56.6 Å². The van der Waals surface area contributed by atoms with Crippen LogP contribution in [0.3, 0.4) is 0 Å². The van der Waals surface area contributed by atoms with Crippen LogP contribution in [0.1, 0.15) is 67.1 Å². The molecule has 1 atom stereocenters. The zero-order valence-electron chi connectivity index (χ0n) is 22.3. The van der Waals surface area contributed by atoms with Crippen molar-refractivity contribution in [3.05, 3.63) is 89.2 Å². The van der Waals surface area contributed by atoms with E-state index in [9.17, 15) is 15.2 Å². The second kappa shape index (κ2) is 11.9. The second-order valence-electron chi connectivity index (χ2n) is 10.0. The lowest BCUT2D eigenvalue weighted by Crippen LogP contribution is -2.37. The van der Waals surface area contributed by atoms with Gasteiger partial charge in [0.05, 0.1) is 17.4 Å². The lowest BCUT2D eigenvalue weighted by atomic mass is 10.0. The fraction of sp³-hybridized carbons (Fsp3) is 0.323. The van der Waals surface area contributed by atoms with E-state index in [0.717, 1.165) is 22.5 Å². The number of aliphatic hydroxyl groups excluding tert-OH is 1. The topological polar surface area (TPSA) is 99.7 Å². The number of amides is 1. The Balaban J connectivity index is 1.47. The molecule has 7 nitrogen and oxygen atoms in total. The van der Waals surface area contributed by atoms with Gasteiger partial charge in [-0.05, 0) is 68.0 Å². The molecule has 2 N–H and O–H groups in total. The Morgan fingerprint density at radius 3 is 2.55 bits per heavy atom. The third-order valence-electron chi connectivity index (χ3n) is 6.40. The number of ether oxygens (including phenoxy) is 1. The highest BCUT2D eigenvalue weighted by molar-refractivity contribution is 5.95. The molecular weight excluding hydrogens is 476 g/mol. The van der Waals surface area contributed by atoms with Crippen LogP contribution in [0.5, 0.6) is 5.75 Å². The summed E-state index contributed by atoms with van der Waals surface area (Å²) in [7, 11) is 0. The summed E-state index contributed by atoms with van der Waals surface area (Å²) in [6, 6.07) is 19.0. The van der Waals surface area contributed by atoms with Crippen molar-refractivity contribution in [1.29, 1.82) is 5.26 Å². The zero-order chi connectivity index (χ0) is 27.2. The summed E-state index contributed by atoms with van der Waals surface area (Å²) in [6.07, 6.45) is 4.95. The SMILES string of the molecule is CC(C)Oc1ccc(C(=O)NC(CCO)Cc2ccc(-c3cn4cccc(C(C)C)c4n3)cc2)cc1C#N. The summed E-state index contributed by atoms with van der Waals surface area (Å²) >= 11 is 0. The van der Waals surface area contributed by atoms with E-state index in [2.05, 4.69) is 35.7 Å². The maximum absolute atomic E-state index is 13.0. The van der Waals surface area contributed by atoms with Gasteiger partial charge in [-0.3, -0.25) is 4.79 Å². The molecule has 2 aromatic heterocycles. The van der Waals surface area contributed by atoms with Crippen molar-refractivity contribution >= 4 is 11.6 Å². The average Bonchev–Trinajstić information content (AvgIpc) is 3.33. The number of fused-ring (bicyclic) bond motifs is 1. The van der Waals surface area contributed by atoms with Crippen molar-refractivity contribution in [2.45, 2.75) is 58.6 Å². The van der Waals surface area contributed by atoms with Crippen LogP contribution < -0.4 is 10.1 Å². The van der Waals surface area contributed by atoms with Crippen LogP contribution in [-0.2, 0) is 6.42 Å². The molecule has 7 heteroatoms. The van der Waals surface area contributed by atoms with E-state index >= 15 is 0 Å². The number of aromatic nitrogens is 2. The molecular formula is C31H34N4O3. The van der Waals surface area contributed by atoms with Crippen molar-refractivity contribution in [2.24, 2.45) is 0 Å². The van der Waals surface area contributed by atoms with E-state index in [1.165, 1.54) is 11.6 Å². The molecule has 0 fully saturated rings. The fourth-order valence-corrected chi connectivity index (χ4v) is 4.49. The Labute approximate surface area is 223 Å². The lowest BCUT2D eigenvalue weighted by molar-refractivity contribution is 0.0930. The number of nitriles is 1. The van der Waals surface area contributed by atoms with Gasteiger partial charge in [0.15, 0.2) is 0 Å². The molecule has 0 aliphatic carbocycles. The van der Waals surface area contributed by atoms with Crippen LogP contribution in [0.2, 0.25) is 0 Å². The van der Waals surface area contributed by atoms with Gasteiger partial charge in [0, 0.05) is 36.2 Å². The van der Waals surface area contributed by atoms with Crippen LogP contribution in [0.4, 0.5) is 0 Å². The summed E-state index contributed by atoms with van der Waals surface area (Å²) in [5.41, 5.74) is 5.83. The van der Waals surface area contributed by atoms with E-state index in [0.29, 0.717) is 35.6 Å². The largest absolute Gasteiger partial charge is 0.490 e. The van der Waals surface area contributed by atoms with E-state index in [-0.39, 0.29) is 24.7 Å². The predicted molar refractivity (Wildman–Crippen MR) is 148 cm³/mol.